The predicted octanol–water partition coefficient (Wildman–Crippen LogP) is -0.389. The molecule has 1 amide bonds. The highest BCUT2D eigenvalue weighted by Gasteiger charge is 2.01. The summed E-state index contributed by atoms with van der Waals surface area (Å²) >= 11 is 0. The maximum atomic E-state index is 10.7. The Balaban J connectivity index is 3.15. The molecule has 56 valence electrons. The molecule has 0 bridgehead atoms. The molecule has 1 rings (SSSR count). The summed E-state index contributed by atoms with van der Waals surface area (Å²) in [7, 11) is 0. The maximum absolute atomic E-state index is 10.7. The van der Waals surface area contributed by atoms with Crippen LogP contribution in [0.25, 0.3) is 0 Å². The van der Waals surface area contributed by atoms with Crippen molar-refractivity contribution in [1.29, 1.82) is 0 Å². The number of hydrogen-bond donors (Lipinski definition) is 1. The van der Waals surface area contributed by atoms with Crippen LogP contribution in [0.2, 0.25) is 0 Å². The maximum Gasteiger partial charge on any atom is 0.278 e. The molecule has 1 aromatic rings. The van der Waals surface area contributed by atoms with Gasteiger partial charge in [0.1, 0.15) is 0 Å². The average Bonchev–Trinajstić information content (AvgIpc) is 2.03. The number of rotatable bonds is 1. The van der Waals surface area contributed by atoms with Gasteiger partial charge in [0.15, 0.2) is 0 Å². The van der Waals surface area contributed by atoms with Crippen molar-refractivity contribution in [1.82, 2.24) is 10.2 Å². The normalized spacial score (nSPS) is 9.09. The van der Waals surface area contributed by atoms with Crippen molar-refractivity contribution in [3.05, 3.63) is 28.2 Å². The van der Waals surface area contributed by atoms with Crippen molar-refractivity contribution < 1.29 is 4.79 Å². The van der Waals surface area contributed by atoms with Crippen molar-refractivity contribution in [3.63, 3.8) is 0 Å². The molecular weight excluding hydrogens is 146 g/mol. The zero-order valence-electron chi connectivity index (χ0n) is 5.57. The first kappa shape index (κ1) is 7.33. The number of aromatic amines is 1. The molecule has 0 aromatic carbocycles. The molecule has 1 aromatic heterocycles. The van der Waals surface area contributed by atoms with Crippen LogP contribution >= 0.6 is 0 Å². The highest BCUT2D eigenvalue weighted by molar-refractivity contribution is 5.96. The zero-order valence-corrected chi connectivity index (χ0v) is 5.57. The number of nitrogens with zero attached hydrogens (tertiary/aromatic N) is 2. The molecule has 1 N–H and O–H groups in total. The predicted molar refractivity (Wildman–Crippen MR) is 38.7 cm³/mol. The van der Waals surface area contributed by atoms with E-state index in [1.807, 2.05) is 0 Å². The van der Waals surface area contributed by atoms with E-state index in [9.17, 15) is 9.59 Å². The number of aliphatic imine (C=N–C) groups is 1. The second-order valence-electron chi connectivity index (χ2n) is 1.80. The lowest BCUT2D eigenvalue weighted by Crippen LogP contribution is -2.09. The minimum absolute atomic E-state index is 0.142. The Kier molecular flexibility index (Phi) is 1.91. The van der Waals surface area contributed by atoms with Crippen molar-refractivity contribution in [2.24, 2.45) is 4.99 Å². The van der Waals surface area contributed by atoms with Crippen LogP contribution in [0.15, 0.2) is 22.1 Å². The first-order chi connectivity index (χ1) is 5.24. The van der Waals surface area contributed by atoms with E-state index in [2.05, 4.69) is 21.9 Å². The van der Waals surface area contributed by atoms with Crippen LogP contribution in [0.5, 0.6) is 0 Å². The van der Waals surface area contributed by atoms with Gasteiger partial charge in [-0.15, -0.1) is 0 Å². The molecule has 0 aliphatic carbocycles. The van der Waals surface area contributed by atoms with Gasteiger partial charge in [-0.2, -0.15) is 5.10 Å². The van der Waals surface area contributed by atoms with Gasteiger partial charge >= 0.3 is 0 Å². The van der Waals surface area contributed by atoms with Gasteiger partial charge in [-0.3, -0.25) is 9.59 Å². The molecule has 0 saturated heterocycles. The lowest BCUT2D eigenvalue weighted by molar-refractivity contribution is 0.100. The molecule has 0 unspecified atom stereocenters. The SMILES string of the molecule is C=NC(=O)c1cn[nH]c(=O)c1. The van der Waals surface area contributed by atoms with Crippen LogP contribution in [-0.4, -0.2) is 22.8 Å². The van der Waals surface area contributed by atoms with Crippen LogP contribution in [0.3, 0.4) is 0 Å². The Morgan fingerprint density at radius 1 is 1.73 bits per heavy atom. The molecule has 5 heteroatoms. The lowest BCUT2D eigenvalue weighted by atomic mass is 10.3. The molecule has 0 aliphatic rings. The van der Waals surface area contributed by atoms with E-state index in [4.69, 9.17) is 0 Å². The van der Waals surface area contributed by atoms with Crippen molar-refractivity contribution in [2.75, 3.05) is 0 Å². The van der Waals surface area contributed by atoms with E-state index < -0.39 is 11.5 Å². The number of amides is 1. The van der Waals surface area contributed by atoms with Gasteiger partial charge < -0.3 is 0 Å². The summed E-state index contributed by atoms with van der Waals surface area (Å²) in [5.74, 6) is -0.552. The first-order valence-electron chi connectivity index (χ1n) is 2.80. The summed E-state index contributed by atoms with van der Waals surface area (Å²) in [6, 6.07) is 1.12. The minimum atomic E-state index is -0.552. The Hall–Kier alpha value is -1.78. The fourth-order valence-corrected chi connectivity index (χ4v) is 0.584. The van der Waals surface area contributed by atoms with Gasteiger partial charge in [0, 0.05) is 6.07 Å². The molecular formula is C6H5N3O2. The molecule has 1 heterocycles. The van der Waals surface area contributed by atoms with E-state index in [0.717, 1.165) is 6.07 Å². The molecule has 5 nitrogen and oxygen atoms in total. The van der Waals surface area contributed by atoms with Crippen LogP contribution in [0.4, 0.5) is 0 Å². The Labute approximate surface area is 61.8 Å². The van der Waals surface area contributed by atoms with Crippen LogP contribution in [0, 0.1) is 0 Å². The smallest absolute Gasteiger partial charge is 0.268 e. The molecule has 0 spiro atoms. The molecule has 0 aliphatic heterocycles. The van der Waals surface area contributed by atoms with Crippen LogP contribution in [0.1, 0.15) is 10.4 Å². The third kappa shape index (κ3) is 1.57. The van der Waals surface area contributed by atoms with E-state index in [0.29, 0.717) is 0 Å². The summed E-state index contributed by atoms with van der Waals surface area (Å²) in [6.07, 6.45) is 1.22. The summed E-state index contributed by atoms with van der Waals surface area (Å²) < 4.78 is 0. The fourth-order valence-electron chi connectivity index (χ4n) is 0.584. The second-order valence-corrected chi connectivity index (χ2v) is 1.80. The Bertz CT molecular complexity index is 342. The fraction of sp³-hybridized carbons (Fsp3) is 0. The Morgan fingerprint density at radius 2 is 2.45 bits per heavy atom. The van der Waals surface area contributed by atoms with Crippen molar-refractivity contribution >= 4 is 12.6 Å². The third-order valence-electron chi connectivity index (χ3n) is 1.06. The summed E-state index contributed by atoms with van der Waals surface area (Å²) in [5, 5.41) is 5.54. The molecule has 0 saturated carbocycles. The van der Waals surface area contributed by atoms with Crippen LogP contribution in [-0.2, 0) is 0 Å². The van der Waals surface area contributed by atoms with Gasteiger partial charge in [-0.25, -0.2) is 10.1 Å². The number of aromatic nitrogens is 2. The van der Waals surface area contributed by atoms with Gasteiger partial charge in [0.05, 0.1) is 11.8 Å². The van der Waals surface area contributed by atoms with Gasteiger partial charge in [-0.1, -0.05) is 0 Å². The molecule has 0 radical (unpaired) electrons. The second kappa shape index (κ2) is 2.87. The van der Waals surface area contributed by atoms with Crippen molar-refractivity contribution in [3.8, 4) is 0 Å². The van der Waals surface area contributed by atoms with E-state index in [1.165, 1.54) is 6.20 Å². The third-order valence-corrected chi connectivity index (χ3v) is 1.06. The number of carbonyl (C=O) groups excluding carboxylic acids is 1. The Morgan fingerprint density at radius 3 is 3.00 bits per heavy atom. The largest absolute Gasteiger partial charge is 0.278 e. The highest BCUT2D eigenvalue weighted by atomic mass is 16.1. The quantitative estimate of drug-likeness (QED) is 0.555. The summed E-state index contributed by atoms with van der Waals surface area (Å²) in [5.41, 5.74) is -0.289. The minimum Gasteiger partial charge on any atom is -0.268 e. The standard InChI is InChI=1S/C6H5N3O2/c1-7-6(11)4-2-5(10)9-8-3-4/h2-3H,1H2,(H,9,10). The van der Waals surface area contributed by atoms with E-state index in [1.54, 1.807) is 0 Å². The van der Waals surface area contributed by atoms with E-state index in [-0.39, 0.29) is 5.56 Å². The van der Waals surface area contributed by atoms with Crippen LogP contribution < -0.4 is 5.56 Å². The number of H-pyrrole nitrogens is 1. The lowest BCUT2D eigenvalue weighted by Gasteiger charge is -1.89. The number of carbonyl (C=O) groups is 1. The summed E-state index contributed by atoms with van der Waals surface area (Å²) in [4.78, 5) is 24.4. The number of nitrogens with one attached hydrogen (secondary N) is 1. The van der Waals surface area contributed by atoms with E-state index >= 15 is 0 Å². The monoisotopic (exact) mass is 151 g/mol. The number of hydrogen-bond acceptors (Lipinski definition) is 3. The van der Waals surface area contributed by atoms with Gasteiger partial charge in [0.25, 0.3) is 11.5 Å². The van der Waals surface area contributed by atoms with Gasteiger partial charge in [0.2, 0.25) is 0 Å². The molecule has 11 heavy (non-hydrogen) atoms. The molecule has 0 atom stereocenters. The van der Waals surface area contributed by atoms with Crippen molar-refractivity contribution in [2.45, 2.75) is 0 Å². The first-order valence-corrected chi connectivity index (χ1v) is 2.80. The topological polar surface area (TPSA) is 75.2 Å². The highest BCUT2D eigenvalue weighted by Crippen LogP contribution is 1.92. The summed E-state index contributed by atoms with van der Waals surface area (Å²) in [6.45, 7) is 3.03. The zero-order chi connectivity index (χ0) is 8.27. The molecule has 0 fully saturated rings. The van der Waals surface area contributed by atoms with Gasteiger partial charge in [-0.05, 0) is 6.72 Å². The average molecular weight is 151 g/mol.